The van der Waals surface area contributed by atoms with E-state index in [2.05, 4.69) is 0 Å². The molecule has 20 heavy (non-hydrogen) atoms. The molecule has 0 aliphatic heterocycles. The molecule has 0 aromatic heterocycles. The molecule has 1 aliphatic rings. The van der Waals surface area contributed by atoms with E-state index < -0.39 is 11.8 Å². The van der Waals surface area contributed by atoms with Gasteiger partial charge in [-0.05, 0) is 32.4 Å². The lowest BCUT2D eigenvalue weighted by Gasteiger charge is -2.34. The van der Waals surface area contributed by atoms with Crippen molar-refractivity contribution in [1.29, 1.82) is 0 Å². The number of carbonyl (C=O) groups excluding carboxylic acids is 3. The second-order valence-corrected chi connectivity index (χ2v) is 5.40. The number of ketones is 3. The molecule has 1 aromatic rings. The van der Waals surface area contributed by atoms with Gasteiger partial charge < -0.3 is 0 Å². The van der Waals surface area contributed by atoms with E-state index in [9.17, 15) is 14.4 Å². The second kappa shape index (κ2) is 5.53. The molecule has 0 radical (unpaired) electrons. The van der Waals surface area contributed by atoms with E-state index in [1.54, 1.807) is 6.92 Å². The third kappa shape index (κ3) is 2.48. The van der Waals surface area contributed by atoms with Gasteiger partial charge in [0.2, 0.25) is 0 Å². The maximum atomic E-state index is 12.2. The van der Waals surface area contributed by atoms with Crippen molar-refractivity contribution < 1.29 is 14.4 Å². The Morgan fingerprint density at radius 1 is 0.950 bits per heavy atom. The first-order valence-corrected chi connectivity index (χ1v) is 6.71. The van der Waals surface area contributed by atoms with Gasteiger partial charge in [0, 0.05) is 11.8 Å². The molecular weight excluding hydrogens is 252 g/mol. The van der Waals surface area contributed by atoms with Crippen LogP contribution >= 0.6 is 0 Å². The molecular formula is C17H18O3. The highest BCUT2D eigenvalue weighted by Crippen LogP contribution is 2.41. The highest BCUT2D eigenvalue weighted by atomic mass is 16.2. The van der Waals surface area contributed by atoms with Crippen molar-refractivity contribution in [2.45, 2.75) is 26.7 Å². The molecule has 1 aliphatic carbocycles. The fourth-order valence-corrected chi connectivity index (χ4v) is 3.14. The van der Waals surface area contributed by atoms with Crippen molar-refractivity contribution >= 4 is 17.3 Å². The van der Waals surface area contributed by atoms with Crippen LogP contribution in [0, 0.1) is 11.8 Å². The van der Waals surface area contributed by atoms with Crippen LogP contribution in [0.3, 0.4) is 0 Å². The van der Waals surface area contributed by atoms with Crippen molar-refractivity contribution in [3.8, 4) is 0 Å². The van der Waals surface area contributed by atoms with Crippen molar-refractivity contribution in [3.05, 3.63) is 47.5 Å². The van der Waals surface area contributed by atoms with E-state index in [1.165, 1.54) is 19.9 Å². The standard InChI is InChI=1S/C17H18O3/c1-10-9-14(20)16(12(3)19)17(15(10)11(2)18)13-7-5-4-6-8-13/h4-9,15-17H,1-3H3. The SMILES string of the molecule is CC(=O)C1C(=O)C=C(C)C(C(C)=O)C1c1ccccc1. The molecule has 0 fully saturated rings. The second-order valence-electron chi connectivity index (χ2n) is 5.40. The molecule has 3 nitrogen and oxygen atoms in total. The van der Waals surface area contributed by atoms with Gasteiger partial charge in [-0.1, -0.05) is 35.9 Å². The van der Waals surface area contributed by atoms with Gasteiger partial charge in [0.05, 0.1) is 5.92 Å². The lowest BCUT2D eigenvalue weighted by molar-refractivity contribution is -0.132. The predicted molar refractivity (Wildman–Crippen MR) is 76.3 cm³/mol. The first kappa shape index (κ1) is 14.4. The number of carbonyl (C=O) groups is 3. The number of allylic oxidation sites excluding steroid dienone is 2. The Kier molecular flexibility index (Phi) is 3.98. The van der Waals surface area contributed by atoms with Gasteiger partial charge in [0.1, 0.15) is 11.6 Å². The summed E-state index contributed by atoms with van der Waals surface area (Å²) in [6, 6.07) is 9.36. The zero-order chi connectivity index (χ0) is 14.9. The maximum absolute atomic E-state index is 12.2. The van der Waals surface area contributed by atoms with Gasteiger partial charge in [-0.25, -0.2) is 0 Å². The summed E-state index contributed by atoms with van der Waals surface area (Å²) < 4.78 is 0. The van der Waals surface area contributed by atoms with Gasteiger partial charge in [0.25, 0.3) is 0 Å². The summed E-state index contributed by atoms with van der Waals surface area (Å²) >= 11 is 0. The topological polar surface area (TPSA) is 51.2 Å². The van der Waals surface area contributed by atoms with Crippen molar-refractivity contribution in [3.63, 3.8) is 0 Å². The Labute approximate surface area is 118 Å². The summed E-state index contributed by atoms with van der Waals surface area (Å²) in [4.78, 5) is 36.1. The summed E-state index contributed by atoms with van der Waals surface area (Å²) in [6.45, 7) is 4.73. The van der Waals surface area contributed by atoms with Crippen molar-refractivity contribution in [1.82, 2.24) is 0 Å². The average molecular weight is 270 g/mol. The Hall–Kier alpha value is -2.03. The van der Waals surface area contributed by atoms with Crippen LogP contribution in [-0.2, 0) is 14.4 Å². The molecule has 3 heteroatoms. The van der Waals surface area contributed by atoms with Crippen LogP contribution in [-0.4, -0.2) is 17.3 Å². The number of rotatable bonds is 3. The number of hydrogen-bond donors (Lipinski definition) is 0. The minimum absolute atomic E-state index is 0.00801. The van der Waals surface area contributed by atoms with Crippen molar-refractivity contribution in [2.24, 2.45) is 11.8 Å². The molecule has 3 unspecified atom stereocenters. The highest BCUT2D eigenvalue weighted by Gasteiger charge is 2.43. The van der Waals surface area contributed by atoms with Gasteiger partial charge >= 0.3 is 0 Å². The van der Waals surface area contributed by atoms with Gasteiger partial charge in [0.15, 0.2) is 5.78 Å². The number of Topliss-reactive ketones (excluding diaryl/α,β-unsaturated/α-hetero) is 2. The van der Waals surface area contributed by atoms with E-state index in [0.717, 1.165) is 11.1 Å². The predicted octanol–water partition coefficient (Wildman–Crippen LogP) is 2.71. The molecule has 0 N–H and O–H groups in total. The zero-order valence-corrected chi connectivity index (χ0v) is 11.9. The number of hydrogen-bond acceptors (Lipinski definition) is 3. The normalized spacial score (nSPS) is 26.1. The largest absolute Gasteiger partial charge is 0.299 e. The molecule has 1 aromatic carbocycles. The average Bonchev–Trinajstić information content (AvgIpc) is 2.37. The molecule has 0 bridgehead atoms. The zero-order valence-electron chi connectivity index (χ0n) is 11.9. The quantitative estimate of drug-likeness (QED) is 0.793. The molecule has 3 atom stereocenters. The van der Waals surface area contributed by atoms with Crippen molar-refractivity contribution in [2.75, 3.05) is 0 Å². The van der Waals surface area contributed by atoms with E-state index in [0.29, 0.717) is 0 Å². The van der Waals surface area contributed by atoms with Gasteiger partial charge in [-0.15, -0.1) is 0 Å². The summed E-state index contributed by atoms with van der Waals surface area (Å²) in [6.07, 6.45) is 1.46. The van der Waals surface area contributed by atoms with Gasteiger partial charge in [-0.3, -0.25) is 14.4 Å². The van der Waals surface area contributed by atoms with E-state index >= 15 is 0 Å². The lowest BCUT2D eigenvalue weighted by atomic mass is 9.66. The fourth-order valence-electron chi connectivity index (χ4n) is 3.14. The summed E-state index contributed by atoms with van der Waals surface area (Å²) in [5.41, 5.74) is 1.61. The number of benzene rings is 1. The smallest absolute Gasteiger partial charge is 0.166 e. The molecule has 0 spiro atoms. The van der Waals surface area contributed by atoms with Gasteiger partial charge in [-0.2, -0.15) is 0 Å². The first-order chi connectivity index (χ1) is 9.43. The van der Waals surface area contributed by atoms with E-state index in [1.807, 2.05) is 30.3 Å². The Morgan fingerprint density at radius 2 is 1.50 bits per heavy atom. The summed E-state index contributed by atoms with van der Waals surface area (Å²) in [5.74, 6) is -1.92. The fraction of sp³-hybridized carbons (Fsp3) is 0.353. The summed E-state index contributed by atoms with van der Waals surface area (Å²) in [5, 5.41) is 0. The van der Waals surface area contributed by atoms with Crippen LogP contribution in [0.4, 0.5) is 0 Å². The molecule has 2 rings (SSSR count). The summed E-state index contributed by atoms with van der Waals surface area (Å²) in [7, 11) is 0. The molecule has 104 valence electrons. The maximum Gasteiger partial charge on any atom is 0.166 e. The van der Waals surface area contributed by atoms with Crippen LogP contribution in [0.1, 0.15) is 32.3 Å². The van der Waals surface area contributed by atoms with Crippen LogP contribution < -0.4 is 0 Å². The van der Waals surface area contributed by atoms with E-state index in [4.69, 9.17) is 0 Å². The molecule has 0 heterocycles. The third-order valence-corrected chi connectivity index (χ3v) is 3.95. The van der Waals surface area contributed by atoms with Crippen LogP contribution in [0.15, 0.2) is 42.0 Å². The Bertz CT molecular complexity index is 584. The minimum Gasteiger partial charge on any atom is -0.299 e. The van der Waals surface area contributed by atoms with Crippen LogP contribution in [0.2, 0.25) is 0 Å². The van der Waals surface area contributed by atoms with E-state index in [-0.39, 0.29) is 23.3 Å². The Balaban J connectivity index is 2.60. The van der Waals surface area contributed by atoms with Crippen LogP contribution in [0.5, 0.6) is 0 Å². The van der Waals surface area contributed by atoms with Crippen LogP contribution in [0.25, 0.3) is 0 Å². The molecule has 0 amide bonds. The highest BCUT2D eigenvalue weighted by molar-refractivity contribution is 6.10. The lowest BCUT2D eigenvalue weighted by Crippen LogP contribution is -2.39. The first-order valence-electron chi connectivity index (χ1n) is 6.71. The Morgan fingerprint density at radius 3 is 2.00 bits per heavy atom. The third-order valence-electron chi connectivity index (χ3n) is 3.95. The molecule has 0 saturated carbocycles. The monoisotopic (exact) mass is 270 g/mol. The molecule has 0 saturated heterocycles. The minimum atomic E-state index is -0.755.